The van der Waals surface area contributed by atoms with Crippen LogP contribution in [0.25, 0.3) is 10.9 Å². The summed E-state index contributed by atoms with van der Waals surface area (Å²) in [6.07, 6.45) is 4.75. The molecular weight excluding hydrogens is 262 g/mol. The summed E-state index contributed by atoms with van der Waals surface area (Å²) < 4.78 is 7.89. The zero-order valence-electron chi connectivity index (χ0n) is 13.0. The van der Waals surface area contributed by atoms with Gasteiger partial charge in [0.1, 0.15) is 0 Å². The van der Waals surface area contributed by atoms with Crippen LogP contribution in [-0.2, 0) is 18.2 Å². The van der Waals surface area contributed by atoms with Gasteiger partial charge in [-0.1, -0.05) is 25.1 Å². The number of hydrogen-bond donors (Lipinski definition) is 1. The lowest BCUT2D eigenvalue weighted by Gasteiger charge is -2.23. The van der Waals surface area contributed by atoms with Crippen molar-refractivity contribution < 1.29 is 4.74 Å². The Hall–Kier alpha value is -1.39. The highest BCUT2D eigenvalue weighted by Crippen LogP contribution is 2.23. The number of aromatic nitrogens is 2. The zero-order chi connectivity index (χ0) is 14.7. The third kappa shape index (κ3) is 3.11. The molecule has 1 aromatic carbocycles. The lowest BCUT2D eigenvalue weighted by molar-refractivity contribution is 0.0781. The van der Waals surface area contributed by atoms with Crippen LogP contribution >= 0.6 is 0 Å². The maximum atomic E-state index is 5.91. The summed E-state index contributed by atoms with van der Waals surface area (Å²) >= 11 is 0. The average Bonchev–Trinajstić information content (AvgIpc) is 3.13. The van der Waals surface area contributed by atoms with Crippen molar-refractivity contribution in [2.45, 2.75) is 44.8 Å². The quantitative estimate of drug-likeness (QED) is 0.888. The zero-order valence-corrected chi connectivity index (χ0v) is 13.0. The van der Waals surface area contributed by atoms with E-state index in [0.717, 1.165) is 32.4 Å². The minimum Gasteiger partial charge on any atom is -0.377 e. The Morgan fingerprint density at radius 2 is 2.29 bits per heavy atom. The van der Waals surface area contributed by atoms with E-state index >= 15 is 0 Å². The molecule has 4 nitrogen and oxygen atoms in total. The average molecular weight is 287 g/mol. The number of nitrogens with one attached hydrogen (secondary N) is 1. The van der Waals surface area contributed by atoms with E-state index in [1.54, 1.807) is 0 Å². The minimum atomic E-state index is 0.331. The van der Waals surface area contributed by atoms with Crippen LogP contribution in [0.1, 0.15) is 31.9 Å². The highest BCUT2D eigenvalue weighted by atomic mass is 16.5. The molecule has 0 radical (unpaired) electrons. The molecule has 1 aromatic heterocycles. The lowest BCUT2D eigenvalue weighted by Crippen LogP contribution is -2.41. The Labute approximate surface area is 126 Å². The molecule has 3 rings (SSSR count). The van der Waals surface area contributed by atoms with Crippen LogP contribution < -0.4 is 5.32 Å². The van der Waals surface area contributed by atoms with Crippen molar-refractivity contribution >= 4 is 10.9 Å². The summed E-state index contributed by atoms with van der Waals surface area (Å²) in [6.45, 7) is 4.14. The van der Waals surface area contributed by atoms with Gasteiger partial charge >= 0.3 is 0 Å². The third-order valence-corrected chi connectivity index (χ3v) is 4.32. The molecule has 1 saturated heterocycles. The van der Waals surface area contributed by atoms with Crippen LogP contribution in [0.2, 0.25) is 0 Å². The largest absolute Gasteiger partial charge is 0.377 e. The molecule has 21 heavy (non-hydrogen) atoms. The number of para-hydroxylation sites is 1. The van der Waals surface area contributed by atoms with E-state index in [1.807, 2.05) is 11.7 Å². The second-order valence-electron chi connectivity index (χ2n) is 5.90. The van der Waals surface area contributed by atoms with Crippen molar-refractivity contribution in [1.82, 2.24) is 15.1 Å². The van der Waals surface area contributed by atoms with Crippen molar-refractivity contribution in [1.29, 1.82) is 0 Å². The third-order valence-electron chi connectivity index (χ3n) is 4.32. The molecule has 0 amide bonds. The van der Waals surface area contributed by atoms with Crippen molar-refractivity contribution in [3.05, 3.63) is 30.0 Å². The second kappa shape index (κ2) is 6.58. The summed E-state index contributed by atoms with van der Waals surface area (Å²) in [5.74, 6) is 0. The molecule has 0 aliphatic carbocycles. The van der Waals surface area contributed by atoms with E-state index < -0.39 is 0 Å². The smallest absolute Gasteiger partial charge is 0.0732 e. The predicted octanol–water partition coefficient (Wildman–Crippen LogP) is 2.66. The SMILES string of the molecule is CCCNC(Cc1nn(C)c2ccccc12)C1CCCO1. The molecule has 4 heteroatoms. The number of rotatable bonds is 6. The Kier molecular flexibility index (Phi) is 4.56. The van der Waals surface area contributed by atoms with Gasteiger partial charge in [-0.25, -0.2) is 0 Å². The Morgan fingerprint density at radius 1 is 1.43 bits per heavy atom. The fourth-order valence-corrected chi connectivity index (χ4v) is 3.23. The molecule has 2 aromatic rings. The molecule has 1 N–H and O–H groups in total. The summed E-state index contributed by atoms with van der Waals surface area (Å²) in [5, 5.41) is 9.65. The van der Waals surface area contributed by atoms with Gasteiger partial charge < -0.3 is 10.1 Å². The standard InChI is InChI=1S/C17H25N3O/c1-3-10-18-15(17-9-6-11-21-17)12-14-13-7-4-5-8-16(13)20(2)19-14/h4-5,7-8,15,17-18H,3,6,9-12H2,1-2H3. The lowest BCUT2D eigenvalue weighted by atomic mass is 10.0. The van der Waals surface area contributed by atoms with E-state index in [1.165, 1.54) is 23.0 Å². The van der Waals surface area contributed by atoms with Crippen molar-refractivity contribution in [3.8, 4) is 0 Å². The van der Waals surface area contributed by atoms with Gasteiger partial charge in [-0.05, 0) is 31.9 Å². The first kappa shape index (κ1) is 14.5. The van der Waals surface area contributed by atoms with Gasteiger partial charge in [0, 0.05) is 31.5 Å². The molecule has 0 spiro atoms. The highest BCUT2D eigenvalue weighted by molar-refractivity contribution is 5.81. The van der Waals surface area contributed by atoms with Crippen LogP contribution in [-0.4, -0.2) is 35.1 Å². The van der Waals surface area contributed by atoms with Gasteiger partial charge in [0.25, 0.3) is 0 Å². The number of ether oxygens (including phenoxy) is 1. The molecule has 114 valence electrons. The fraction of sp³-hybridized carbons (Fsp3) is 0.588. The van der Waals surface area contributed by atoms with E-state index in [0.29, 0.717) is 12.1 Å². The normalized spacial score (nSPS) is 20.2. The topological polar surface area (TPSA) is 39.1 Å². The van der Waals surface area contributed by atoms with E-state index in [9.17, 15) is 0 Å². The summed E-state index contributed by atoms with van der Waals surface area (Å²) in [6, 6.07) is 8.83. The number of nitrogens with zero attached hydrogens (tertiary/aromatic N) is 2. The monoisotopic (exact) mass is 287 g/mol. The molecule has 2 heterocycles. The summed E-state index contributed by atoms with van der Waals surface area (Å²) in [4.78, 5) is 0. The van der Waals surface area contributed by atoms with Crippen LogP contribution in [0.15, 0.2) is 24.3 Å². The second-order valence-corrected chi connectivity index (χ2v) is 5.90. The van der Waals surface area contributed by atoms with Crippen molar-refractivity contribution in [3.63, 3.8) is 0 Å². The van der Waals surface area contributed by atoms with Gasteiger partial charge in [-0.2, -0.15) is 5.10 Å². The first-order chi connectivity index (χ1) is 10.3. The van der Waals surface area contributed by atoms with Gasteiger partial charge in [-0.3, -0.25) is 4.68 Å². The van der Waals surface area contributed by atoms with Gasteiger partial charge in [-0.15, -0.1) is 0 Å². The van der Waals surface area contributed by atoms with Gasteiger partial charge in [0.2, 0.25) is 0 Å². The van der Waals surface area contributed by atoms with Crippen LogP contribution in [0.4, 0.5) is 0 Å². The van der Waals surface area contributed by atoms with E-state index in [-0.39, 0.29) is 0 Å². The van der Waals surface area contributed by atoms with Crippen LogP contribution in [0.3, 0.4) is 0 Å². The predicted molar refractivity (Wildman–Crippen MR) is 85.5 cm³/mol. The summed E-state index contributed by atoms with van der Waals surface area (Å²) in [5.41, 5.74) is 2.38. The molecule has 1 fully saturated rings. The van der Waals surface area contributed by atoms with Crippen molar-refractivity contribution in [2.24, 2.45) is 7.05 Å². The Morgan fingerprint density at radius 3 is 3.05 bits per heavy atom. The number of hydrogen-bond acceptors (Lipinski definition) is 3. The van der Waals surface area contributed by atoms with Gasteiger partial charge in [0.15, 0.2) is 0 Å². The maximum absolute atomic E-state index is 5.91. The first-order valence-corrected chi connectivity index (χ1v) is 8.05. The van der Waals surface area contributed by atoms with Crippen LogP contribution in [0, 0.1) is 0 Å². The molecule has 0 saturated carbocycles. The van der Waals surface area contributed by atoms with E-state index in [4.69, 9.17) is 9.84 Å². The number of aryl methyl sites for hydroxylation is 1. The number of benzene rings is 1. The van der Waals surface area contributed by atoms with Crippen molar-refractivity contribution in [2.75, 3.05) is 13.2 Å². The maximum Gasteiger partial charge on any atom is 0.0732 e. The summed E-state index contributed by atoms with van der Waals surface area (Å²) in [7, 11) is 2.02. The van der Waals surface area contributed by atoms with Crippen LogP contribution in [0.5, 0.6) is 0 Å². The minimum absolute atomic E-state index is 0.331. The highest BCUT2D eigenvalue weighted by Gasteiger charge is 2.27. The molecule has 2 unspecified atom stereocenters. The number of fused-ring (bicyclic) bond motifs is 1. The molecule has 1 aliphatic rings. The van der Waals surface area contributed by atoms with Gasteiger partial charge in [0.05, 0.1) is 17.3 Å². The fourth-order valence-electron chi connectivity index (χ4n) is 3.23. The Bertz CT molecular complexity index is 587. The first-order valence-electron chi connectivity index (χ1n) is 8.05. The van der Waals surface area contributed by atoms with E-state index in [2.05, 4.69) is 36.5 Å². The molecule has 1 aliphatic heterocycles. The Balaban J connectivity index is 1.82. The molecule has 0 bridgehead atoms. The molecular formula is C17H25N3O. The molecule has 2 atom stereocenters.